The van der Waals surface area contributed by atoms with Crippen LogP contribution in [0.5, 0.6) is 5.75 Å². The Morgan fingerprint density at radius 1 is 1.13 bits per heavy atom. The molecule has 0 atom stereocenters. The van der Waals surface area contributed by atoms with Crippen molar-refractivity contribution in [1.29, 1.82) is 0 Å². The van der Waals surface area contributed by atoms with Gasteiger partial charge in [0, 0.05) is 16.7 Å². The maximum absolute atomic E-state index is 11.8. The number of rotatable bonds is 1. The van der Waals surface area contributed by atoms with E-state index in [2.05, 4.69) is 0 Å². The number of fused-ring (bicyclic) bond motifs is 1. The molecule has 0 spiro atoms. The van der Waals surface area contributed by atoms with Crippen LogP contribution < -0.4 is 4.74 Å². The molecule has 1 aromatic rings. The normalized spacial score (nSPS) is 14.7. The first-order valence-corrected chi connectivity index (χ1v) is 4.59. The third kappa shape index (κ3) is 1.46. The number of ketones is 2. The molecule has 0 aliphatic heterocycles. The molecule has 1 aliphatic carbocycles. The summed E-state index contributed by atoms with van der Waals surface area (Å²) in [4.78, 5) is 23.3. The summed E-state index contributed by atoms with van der Waals surface area (Å²) in [5.41, 5.74) is 1.35. The van der Waals surface area contributed by atoms with Gasteiger partial charge >= 0.3 is 0 Å². The Morgan fingerprint density at radius 2 is 1.87 bits per heavy atom. The van der Waals surface area contributed by atoms with Crippen molar-refractivity contribution < 1.29 is 14.3 Å². The summed E-state index contributed by atoms with van der Waals surface area (Å²) >= 11 is 0. The number of Topliss-reactive ketones (excluding diaryl/α,β-unsaturated/α-hetero) is 1. The number of allylic oxidation sites excluding steroid dienone is 2. The van der Waals surface area contributed by atoms with E-state index >= 15 is 0 Å². The van der Waals surface area contributed by atoms with E-state index in [-0.39, 0.29) is 11.6 Å². The fourth-order valence-electron chi connectivity index (χ4n) is 1.61. The Hall–Kier alpha value is -1.90. The van der Waals surface area contributed by atoms with E-state index in [0.717, 1.165) is 0 Å². The predicted octanol–water partition coefficient (Wildman–Crippen LogP) is 2.02. The Labute approximate surface area is 87.4 Å². The number of hydrogen-bond donors (Lipinski definition) is 0. The minimum Gasteiger partial charge on any atom is -0.497 e. The van der Waals surface area contributed by atoms with E-state index in [1.807, 2.05) is 0 Å². The van der Waals surface area contributed by atoms with E-state index in [0.29, 0.717) is 22.4 Å². The molecule has 15 heavy (non-hydrogen) atoms. The van der Waals surface area contributed by atoms with E-state index in [4.69, 9.17) is 4.74 Å². The van der Waals surface area contributed by atoms with Crippen molar-refractivity contribution in [3.63, 3.8) is 0 Å². The Balaban J connectivity index is 2.62. The summed E-state index contributed by atoms with van der Waals surface area (Å²) in [6.45, 7) is 1.64. The largest absolute Gasteiger partial charge is 0.497 e. The van der Waals surface area contributed by atoms with Crippen molar-refractivity contribution in [1.82, 2.24) is 0 Å². The van der Waals surface area contributed by atoms with Crippen LogP contribution in [-0.2, 0) is 0 Å². The van der Waals surface area contributed by atoms with E-state index in [1.165, 1.54) is 13.2 Å². The lowest BCUT2D eigenvalue weighted by Crippen LogP contribution is -2.15. The van der Waals surface area contributed by atoms with Gasteiger partial charge in [0.1, 0.15) is 5.75 Å². The fourth-order valence-corrected chi connectivity index (χ4v) is 1.61. The quantitative estimate of drug-likeness (QED) is 0.699. The lowest BCUT2D eigenvalue weighted by Gasteiger charge is -2.13. The first-order chi connectivity index (χ1) is 7.13. The molecular formula is C12H10O3. The van der Waals surface area contributed by atoms with Gasteiger partial charge < -0.3 is 4.74 Å². The van der Waals surface area contributed by atoms with Gasteiger partial charge in [0.2, 0.25) is 0 Å². The zero-order valence-corrected chi connectivity index (χ0v) is 8.53. The molecule has 3 heteroatoms. The number of benzene rings is 1. The number of ether oxygens (including phenoxy) is 1. The molecule has 0 heterocycles. The molecule has 0 saturated heterocycles. The Bertz CT molecular complexity index is 484. The third-order valence-electron chi connectivity index (χ3n) is 2.44. The van der Waals surface area contributed by atoms with Gasteiger partial charge in [0.05, 0.1) is 7.11 Å². The monoisotopic (exact) mass is 202 g/mol. The van der Waals surface area contributed by atoms with Gasteiger partial charge in [0.15, 0.2) is 11.6 Å². The molecule has 0 fully saturated rings. The van der Waals surface area contributed by atoms with Gasteiger partial charge in [-0.2, -0.15) is 0 Å². The summed E-state index contributed by atoms with van der Waals surface area (Å²) < 4.78 is 5.02. The summed E-state index contributed by atoms with van der Waals surface area (Å²) in [6, 6.07) is 4.90. The molecule has 0 aromatic heterocycles. The van der Waals surface area contributed by atoms with Crippen molar-refractivity contribution in [3.8, 4) is 5.75 Å². The van der Waals surface area contributed by atoms with E-state index in [1.54, 1.807) is 25.1 Å². The van der Waals surface area contributed by atoms with Crippen molar-refractivity contribution in [2.45, 2.75) is 6.92 Å². The van der Waals surface area contributed by atoms with E-state index in [9.17, 15) is 9.59 Å². The molecular weight excluding hydrogens is 192 g/mol. The molecule has 0 unspecified atom stereocenters. The van der Waals surface area contributed by atoms with Crippen molar-refractivity contribution in [2.75, 3.05) is 7.11 Å². The SMILES string of the molecule is COc1ccc2c(c1)C(=O)C(C)=CC2=O. The van der Waals surface area contributed by atoms with Crippen LogP contribution in [0.15, 0.2) is 29.8 Å². The van der Waals surface area contributed by atoms with Crippen LogP contribution in [0.1, 0.15) is 27.6 Å². The number of methoxy groups -OCH3 is 1. The molecule has 0 radical (unpaired) electrons. The number of hydrogen-bond acceptors (Lipinski definition) is 3. The van der Waals surface area contributed by atoms with Crippen LogP contribution in [0.25, 0.3) is 0 Å². The zero-order chi connectivity index (χ0) is 11.0. The Morgan fingerprint density at radius 3 is 2.53 bits per heavy atom. The van der Waals surface area contributed by atoms with Gasteiger partial charge in [-0.3, -0.25) is 9.59 Å². The second-order valence-electron chi connectivity index (χ2n) is 3.43. The van der Waals surface area contributed by atoms with Crippen LogP contribution in [-0.4, -0.2) is 18.7 Å². The number of carbonyl (C=O) groups excluding carboxylic acids is 2. The first kappa shape index (κ1) is 9.65. The molecule has 76 valence electrons. The lowest BCUT2D eigenvalue weighted by atomic mass is 9.90. The zero-order valence-electron chi connectivity index (χ0n) is 8.53. The van der Waals surface area contributed by atoms with Crippen LogP contribution in [0.3, 0.4) is 0 Å². The van der Waals surface area contributed by atoms with Crippen molar-refractivity contribution in [3.05, 3.63) is 41.0 Å². The smallest absolute Gasteiger partial charge is 0.189 e. The third-order valence-corrected chi connectivity index (χ3v) is 2.44. The van der Waals surface area contributed by atoms with Gasteiger partial charge in [-0.1, -0.05) is 0 Å². The molecule has 1 aromatic carbocycles. The maximum atomic E-state index is 11.8. The standard InChI is InChI=1S/C12H10O3/c1-7-5-11(13)9-4-3-8(15-2)6-10(9)12(7)14/h3-6H,1-2H3. The fraction of sp³-hybridized carbons (Fsp3) is 0.167. The van der Waals surface area contributed by atoms with Crippen LogP contribution in [0.4, 0.5) is 0 Å². The van der Waals surface area contributed by atoms with Gasteiger partial charge in [-0.15, -0.1) is 0 Å². The van der Waals surface area contributed by atoms with Crippen molar-refractivity contribution in [2.24, 2.45) is 0 Å². The minimum atomic E-state index is -0.121. The van der Waals surface area contributed by atoms with Crippen molar-refractivity contribution >= 4 is 11.6 Å². The summed E-state index contributed by atoms with van der Waals surface area (Å²) in [5.74, 6) is 0.359. The average molecular weight is 202 g/mol. The van der Waals surface area contributed by atoms with Gasteiger partial charge in [-0.05, 0) is 31.2 Å². The maximum Gasteiger partial charge on any atom is 0.189 e. The second kappa shape index (κ2) is 3.35. The summed E-state index contributed by atoms with van der Waals surface area (Å²) in [7, 11) is 1.53. The second-order valence-corrected chi connectivity index (χ2v) is 3.43. The molecule has 0 bridgehead atoms. The molecule has 0 saturated carbocycles. The lowest BCUT2D eigenvalue weighted by molar-refractivity contribution is 0.0984. The van der Waals surface area contributed by atoms with Gasteiger partial charge in [-0.25, -0.2) is 0 Å². The average Bonchev–Trinajstić information content (AvgIpc) is 2.25. The highest BCUT2D eigenvalue weighted by Crippen LogP contribution is 2.24. The molecule has 0 amide bonds. The molecule has 3 nitrogen and oxygen atoms in total. The molecule has 1 aliphatic rings. The molecule has 2 rings (SSSR count). The minimum absolute atomic E-state index is 0.108. The summed E-state index contributed by atoms with van der Waals surface area (Å²) in [5, 5.41) is 0. The molecule has 0 N–H and O–H groups in total. The number of carbonyl (C=O) groups is 2. The van der Waals surface area contributed by atoms with Crippen LogP contribution >= 0.6 is 0 Å². The summed E-state index contributed by atoms with van der Waals surface area (Å²) in [6.07, 6.45) is 1.37. The first-order valence-electron chi connectivity index (χ1n) is 4.59. The van der Waals surface area contributed by atoms with Crippen LogP contribution in [0, 0.1) is 0 Å². The topological polar surface area (TPSA) is 43.4 Å². The highest BCUT2D eigenvalue weighted by Gasteiger charge is 2.23. The highest BCUT2D eigenvalue weighted by atomic mass is 16.5. The highest BCUT2D eigenvalue weighted by molar-refractivity contribution is 6.24. The van der Waals surface area contributed by atoms with E-state index < -0.39 is 0 Å². The Kier molecular flexibility index (Phi) is 2.15. The van der Waals surface area contributed by atoms with Crippen LogP contribution in [0.2, 0.25) is 0 Å². The predicted molar refractivity (Wildman–Crippen MR) is 55.4 cm³/mol. The van der Waals surface area contributed by atoms with Gasteiger partial charge in [0.25, 0.3) is 0 Å².